The Kier molecular flexibility index (Phi) is 4.97. The predicted molar refractivity (Wildman–Crippen MR) is 180 cm³/mol. The topological polar surface area (TPSA) is 12.9 Å². The highest BCUT2D eigenvalue weighted by molar-refractivity contribution is 6.21. The minimum absolute atomic E-state index is 1.05. The summed E-state index contributed by atoms with van der Waals surface area (Å²) in [4.78, 5) is 5.38. The van der Waals surface area contributed by atoms with E-state index in [-0.39, 0.29) is 0 Å². The molecule has 0 aliphatic heterocycles. The summed E-state index contributed by atoms with van der Waals surface area (Å²) in [7, 11) is 0. The summed E-state index contributed by atoms with van der Waals surface area (Å²) in [6.45, 7) is 0. The SMILES string of the molecule is c1cc(-c2c3ccccc3cc3ccccc23)cc(-c2c3ccc4ccccc4c3nc3c2ccc2ccccc23)c1. The van der Waals surface area contributed by atoms with E-state index in [0.717, 1.165) is 11.0 Å². The van der Waals surface area contributed by atoms with Crippen LogP contribution < -0.4 is 0 Å². The third-order valence-corrected chi connectivity index (χ3v) is 8.77. The third kappa shape index (κ3) is 3.41. The molecule has 0 aliphatic carbocycles. The number of hydrogen-bond acceptors (Lipinski definition) is 1. The number of rotatable bonds is 2. The van der Waals surface area contributed by atoms with E-state index < -0.39 is 0 Å². The summed E-state index contributed by atoms with van der Waals surface area (Å²) < 4.78 is 0. The zero-order valence-electron chi connectivity index (χ0n) is 22.9. The normalized spacial score (nSPS) is 11.8. The second kappa shape index (κ2) is 8.99. The van der Waals surface area contributed by atoms with Gasteiger partial charge in [0, 0.05) is 27.1 Å². The van der Waals surface area contributed by atoms with Gasteiger partial charge in [0.2, 0.25) is 0 Å². The van der Waals surface area contributed by atoms with Crippen LogP contribution in [0.1, 0.15) is 0 Å². The van der Waals surface area contributed by atoms with Crippen molar-refractivity contribution in [3.05, 3.63) is 152 Å². The number of nitrogens with zero attached hydrogens (tertiary/aromatic N) is 1. The first-order valence-electron chi connectivity index (χ1n) is 14.5. The highest BCUT2D eigenvalue weighted by Gasteiger charge is 2.17. The fraction of sp³-hybridized carbons (Fsp3) is 0. The molecular weight excluding hydrogens is 506 g/mol. The van der Waals surface area contributed by atoms with Crippen LogP contribution in [0.2, 0.25) is 0 Å². The lowest BCUT2D eigenvalue weighted by Crippen LogP contribution is -1.92. The molecule has 1 aromatic heterocycles. The molecule has 0 spiro atoms. The molecule has 0 bridgehead atoms. The summed E-state index contributed by atoms with van der Waals surface area (Å²) in [5.41, 5.74) is 7.04. The number of benzene rings is 8. The molecular formula is C41H25N. The van der Waals surface area contributed by atoms with Crippen LogP contribution in [0, 0.1) is 0 Å². The minimum atomic E-state index is 1.05. The molecule has 0 fully saturated rings. The van der Waals surface area contributed by atoms with E-state index in [1.807, 2.05) is 0 Å². The molecule has 0 atom stereocenters. The maximum atomic E-state index is 5.38. The van der Waals surface area contributed by atoms with E-state index in [1.165, 1.54) is 76.1 Å². The molecule has 0 radical (unpaired) electrons. The van der Waals surface area contributed by atoms with Gasteiger partial charge in [-0.25, -0.2) is 4.98 Å². The Bertz CT molecular complexity index is 2370. The largest absolute Gasteiger partial charge is 0.246 e. The van der Waals surface area contributed by atoms with E-state index in [2.05, 4.69) is 152 Å². The second-order valence-corrected chi connectivity index (χ2v) is 11.1. The molecule has 194 valence electrons. The molecule has 1 heteroatoms. The van der Waals surface area contributed by atoms with Gasteiger partial charge in [-0.1, -0.05) is 140 Å². The number of hydrogen-bond donors (Lipinski definition) is 0. The van der Waals surface area contributed by atoms with Gasteiger partial charge in [-0.05, 0) is 61.1 Å². The average molecular weight is 532 g/mol. The molecule has 0 saturated heterocycles. The number of aromatic nitrogens is 1. The van der Waals surface area contributed by atoms with Crippen molar-refractivity contribution in [3.8, 4) is 22.3 Å². The molecule has 9 aromatic rings. The van der Waals surface area contributed by atoms with Crippen LogP contribution >= 0.6 is 0 Å². The smallest absolute Gasteiger partial charge is 0.0794 e. The minimum Gasteiger partial charge on any atom is -0.246 e. The van der Waals surface area contributed by atoms with Crippen molar-refractivity contribution in [2.75, 3.05) is 0 Å². The summed E-state index contributed by atoms with van der Waals surface area (Å²) >= 11 is 0. The first kappa shape index (κ1) is 23.2. The van der Waals surface area contributed by atoms with Gasteiger partial charge in [0.1, 0.15) is 0 Å². The van der Waals surface area contributed by atoms with E-state index in [0.29, 0.717) is 0 Å². The summed E-state index contributed by atoms with van der Waals surface area (Å²) in [6, 6.07) is 55.0. The maximum absolute atomic E-state index is 5.38. The second-order valence-electron chi connectivity index (χ2n) is 11.1. The van der Waals surface area contributed by atoms with Gasteiger partial charge in [0.15, 0.2) is 0 Å². The van der Waals surface area contributed by atoms with Gasteiger partial charge in [-0.2, -0.15) is 0 Å². The summed E-state index contributed by atoms with van der Waals surface area (Å²) in [6.07, 6.45) is 0. The summed E-state index contributed by atoms with van der Waals surface area (Å²) in [5.74, 6) is 0. The van der Waals surface area contributed by atoms with Gasteiger partial charge >= 0.3 is 0 Å². The van der Waals surface area contributed by atoms with Crippen molar-refractivity contribution < 1.29 is 0 Å². The van der Waals surface area contributed by atoms with Crippen LogP contribution in [-0.2, 0) is 0 Å². The van der Waals surface area contributed by atoms with Crippen molar-refractivity contribution in [1.29, 1.82) is 0 Å². The Morgan fingerprint density at radius 1 is 0.286 bits per heavy atom. The van der Waals surface area contributed by atoms with Crippen LogP contribution in [0.4, 0.5) is 0 Å². The molecule has 0 N–H and O–H groups in total. The summed E-state index contributed by atoms with van der Waals surface area (Å²) in [5, 5.41) is 12.2. The van der Waals surface area contributed by atoms with Gasteiger partial charge in [0.05, 0.1) is 11.0 Å². The average Bonchev–Trinajstić information content (AvgIpc) is 3.06. The quantitative estimate of drug-likeness (QED) is 0.160. The molecule has 8 aromatic carbocycles. The highest BCUT2D eigenvalue weighted by Crippen LogP contribution is 2.42. The first-order valence-corrected chi connectivity index (χ1v) is 14.5. The van der Waals surface area contributed by atoms with Crippen LogP contribution in [-0.4, -0.2) is 4.98 Å². The molecule has 9 rings (SSSR count). The Morgan fingerprint density at radius 2 is 0.714 bits per heavy atom. The van der Waals surface area contributed by atoms with Crippen molar-refractivity contribution >= 4 is 64.9 Å². The van der Waals surface area contributed by atoms with Crippen LogP contribution in [0.25, 0.3) is 87.1 Å². The molecule has 1 heterocycles. The zero-order chi connectivity index (χ0) is 27.6. The van der Waals surface area contributed by atoms with Crippen LogP contribution in [0.15, 0.2) is 152 Å². The van der Waals surface area contributed by atoms with E-state index in [9.17, 15) is 0 Å². The fourth-order valence-corrected chi connectivity index (χ4v) is 6.88. The van der Waals surface area contributed by atoms with Crippen molar-refractivity contribution in [2.24, 2.45) is 0 Å². The Balaban J connectivity index is 1.42. The van der Waals surface area contributed by atoms with Crippen LogP contribution in [0.3, 0.4) is 0 Å². The zero-order valence-corrected chi connectivity index (χ0v) is 22.9. The molecule has 42 heavy (non-hydrogen) atoms. The van der Waals surface area contributed by atoms with Gasteiger partial charge < -0.3 is 0 Å². The Morgan fingerprint density at radius 3 is 1.24 bits per heavy atom. The van der Waals surface area contributed by atoms with Gasteiger partial charge in [-0.15, -0.1) is 0 Å². The van der Waals surface area contributed by atoms with Crippen molar-refractivity contribution in [2.45, 2.75) is 0 Å². The Hall–Kier alpha value is -5.53. The lowest BCUT2D eigenvalue weighted by atomic mass is 9.88. The molecule has 0 amide bonds. The number of pyridine rings is 1. The van der Waals surface area contributed by atoms with Gasteiger partial charge in [0.25, 0.3) is 0 Å². The lowest BCUT2D eigenvalue weighted by molar-refractivity contribution is 1.53. The van der Waals surface area contributed by atoms with E-state index >= 15 is 0 Å². The molecule has 0 saturated carbocycles. The Labute approximate surface area is 243 Å². The molecule has 0 aliphatic rings. The van der Waals surface area contributed by atoms with Crippen molar-refractivity contribution in [1.82, 2.24) is 4.98 Å². The predicted octanol–water partition coefficient (Wildman–Crippen LogP) is 11.3. The maximum Gasteiger partial charge on any atom is 0.0794 e. The van der Waals surface area contributed by atoms with Crippen molar-refractivity contribution in [3.63, 3.8) is 0 Å². The first-order chi connectivity index (χ1) is 20.8. The van der Waals surface area contributed by atoms with E-state index in [4.69, 9.17) is 4.98 Å². The van der Waals surface area contributed by atoms with Gasteiger partial charge in [-0.3, -0.25) is 0 Å². The number of fused-ring (bicyclic) bond motifs is 8. The van der Waals surface area contributed by atoms with E-state index in [1.54, 1.807) is 0 Å². The van der Waals surface area contributed by atoms with Crippen LogP contribution in [0.5, 0.6) is 0 Å². The fourth-order valence-electron chi connectivity index (χ4n) is 6.88. The molecule has 0 unspecified atom stereocenters. The monoisotopic (exact) mass is 531 g/mol. The lowest BCUT2D eigenvalue weighted by Gasteiger charge is -2.17. The standard InChI is InChI=1S/C41H25N/c1-7-18-34-26(10-1)20-22-36-39(37-23-21-27-11-2-8-19-35(27)41(37)42-40(34)36)31-15-9-14-30(25-31)38-32-16-5-3-12-28(32)24-29-13-4-6-17-33(29)38/h1-25H. The highest BCUT2D eigenvalue weighted by atomic mass is 14.7. The third-order valence-electron chi connectivity index (χ3n) is 8.77. The molecule has 1 nitrogen and oxygen atoms in total.